The number of hydrogen-bond donors (Lipinski definition) is 0. The molecule has 2 atom stereocenters. The molecule has 15 heavy (non-hydrogen) atoms. The highest BCUT2D eigenvalue weighted by molar-refractivity contribution is 6.04. The minimum atomic E-state index is -0.720. The lowest BCUT2D eigenvalue weighted by Gasteiger charge is -1.95. The van der Waals surface area contributed by atoms with Crippen molar-refractivity contribution in [3.05, 3.63) is 35.9 Å². The third-order valence-electron chi connectivity index (χ3n) is 2.24. The van der Waals surface area contributed by atoms with Crippen LogP contribution in [0.1, 0.15) is 10.4 Å². The number of carbonyl (C=O) groups excluding carboxylic acids is 2. The normalized spacial score (nSPS) is 23.3. The first-order valence-corrected chi connectivity index (χ1v) is 4.56. The van der Waals surface area contributed by atoms with Gasteiger partial charge in [0.25, 0.3) is 0 Å². The van der Waals surface area contributed by atoms with Crippen molar-refractivity contribution in [3.63, 3.8) is 0 Å². The van der Waals surface area contributed by atoms with Gasteiger partial charge >= 0.3 is 5.97 Å². The van der Waals surface area contributed by atoms with Gasteiger partial charge in [-0.3, -0.25) is 4.79 Å². The van der Waals surface area contributed by atoms with Gasteiger partial charge in [0.05, 0.1) is 7.11 Å². The highest BCUT2D eigenvalue weighted by Crippen LogP contribution is 2.26. The molecule has 0 spiro atoms. The van der Waals surface area contributed by atoms with Crippen LogP contribution in [0.25, 0.3) is 0 Å². The molecule has 0 amide bonds. The number of Topliss-reactive ketones (excluding diaryl/α,β-unsaturated/α-hetero) is 1. The lowest BCUT2D eigenvalue weighted by Crippen LogP contribution is -2.17. The minimum Gasteiger partial charge on any atom is -0.467 e. The molecular weight excluding hydrogens is 196 g/mol. The van der Waals surface area contributed by atoms with Gasteiger partial charge in [0.15, 0.2) is 18.0 Å². The fourth-order valence-electron chi connectivity index (χ4n) is 1.37. The van der Waals surface area contributed by atoms with Crippen molar-refractivity contribution in [1.82, 2.24) is 0 Å². The molecule has 2 rings (SSSR count). The first kappa shape index (κ1) is 9.86. The van der Waals surface area contributed by atoms with Crippen LogP contribution < -0.4 is 0 Å². The number of epoxide rings is 1. The Bertz CT molecular complexity index is 385. The first-order chi connectivity index (χ1) is 7.24. The van der Waals surface area contributed by atoms with E-state index in [-0.39, 0.29) is 5.78 Å². The standard InChI is InChI=1S/C11H10O4/c1-14-11(13)10-9(15-10)8(12)7-5-3-2-4-6-7/h2-6,9-10H,1H3/t9-,10-/m0/s1. The summed E-state index contributed by atoms with van der Waals surface area (Å²) in [5.74, 6) is -0.671. The number of ether oxygens (including phenoxy) is 2. The zero-order valence-electron chi connectivity index (χ0n) is 8.17. The van der Waals surface area contributed by atoms with Crippen LogP contribution in [0.15, 0.2) is 30.3 Å². The summed E-state index contributed by atoms with van der Waals surface area (Å²) in [6, 6.07) is 8.74. The van der Waals surface area contributed by atoms with Gasteiger partial charge < -0.3 is 9.47 Å². The van der Waals surface area contributed by atoms with E-state index in [4.69, 9.17) is 4.74 Å². The molecule has 0 radical (unpaired) electrons. The summed E-state index contributed by atoms with van der Waals surface area (Å²) in [6.45, 7) is 0. The monoisotopic (exact) mass is 206 g/mol. The van der Waals surface area contributed by atoms with Crippen LogP contribution in [0.3, 0.4) is 0 Å². The van der Waals surface area contributed by atoms with E-state index < -0.39 is 18.2 Å². The molecule has 1 aliphatic heterocycles. The lowest BCUT2D eigenvalue weighted by molar-refractivity contribution is -0.142. The molecule has 1 fully saturated rings. The molecule has 1 aromatic carbocycles. The number of methoxy groups -OCH3 is 1. The van der Waals surface area contributed by atoms with Crippen molar-refractivity contribution in [1.29, 1.82) is 0 Å². The molecule has 1 heterocycles. The molecule has 1 aliphatic rings. The number of ketones is 1. The third-order valence-corrected chi connectivity index (χ3v) is 2.24. The molecule has 4 nitrogen and oxygen atoms in total. The van der Waals surface area contributed by atoms with Gasteiger partial charge in [-0.2, -0.15) is 0 Å². The van der Waals surface area contributed by atoms with Crippen molar-refractivity contribution in [3.8, 4) is 0 Å². The Morgan fingerprint density at radius 2 is 1.87 bits per heavy atom. The molecular formula is C11H10O4. The maximum Gasteiger partial charge on any atom is 0.338 e. The number of hydrogen-bond acceptors (Lipinski definition) is 4. The Morgan fingerprint density at radius 3 is 2.47 bits per heavy atom. The van der Waals surface area contributed by atoms with Crippen LogP contribution >= 0.6 is 0 Å². The maximum absolute atomic E-state index is 11.7. The summed E-state index contributed by atoms with van der Waals surface area (Å²) in [5.41, 5.74) is 0.550. The van der Waals surface area contributed by atoms with E-state index in [9.17, 15) is 9.59 Å². The smallest absolute Gasteiger partial charge is 0.338 e. The number of benzene rings is 1. The molecule has 0 unspecified atom stereocenters. The van der Waals surface area contributed by atoms with E-state index in [2.05, 4.69) is 4.74 Å². The van der Waals surface area contributed by atoms with Crippen molar-refractivity contribution >= 4 is 11.8 Å². The second kappa shape index (κ2) is 3.82. The van der Waals surface area contributed by atoms with E-state index in [1.807, 2.05) is 6.07 Å². The van der Waals surface area contributed by atoms with Gasteiger partial charge in [-0.05, 0) is 0 Å². The Morgan fingerprint density at radius 1 is 1.20 bits per heavy atom. The largest absolute Gasteiger partial charge is 0.467 e. The summed E-state index contributed by atoms with van der Waals surface area (Å²) in [7, 11) is 1.27. The minimum absolute atomic E-state index is 0.175. The van der Waals surface area contributed by atoms with E-state index >= 15 is 0 Å². The maximum atomic E-state index is 11.7. The lowest BCUT2D eigenvalue weighted by atomic mass is 10.1. The molecule has 0 bridgehead atoms. The Kier molecular flexibility index (Phi) is 2.51. The van der Waals surface area contributed by atoms with E-state index in [1.54, 1.807) is 24.3 Å². The molecule has 0 saturated carbocycles. The van der Waals surface area contributed by atoms with Crippen molar-refractivity contribution in [2.75, 3.05) is 7.11 Å². The topological polar surface area (TPSA) is 55.9 Å². The fraction of sp³-hybridized carbons (Fsp3) is 0.273. The fourth-order valence-corrected chi connectivity index (χ4v) is 1.37. The first-order valence-electron chi connectivity index (χ1n) is 4.56. The van der Waals surface area contributed by atoms with Gasteiger partial charge in [-0.1, -0.05) is 30.3 Å². The van der Waals surface area contributed by atoms with Crippen LogP contribution in [0.4, 0.5) is 0 Å². The Hall–Kier alpha value is -1.68. The predicted octanol–water partition coefficient (Wildman–Crippen LogP) is 0.810. The molecule has 1 aromatic rings. The van der Waals surface area contributed by atoms with Crippen molar-refractivity contribution in [2.45, 2.75) is 12.2 Å². The zero-order chi connectivity index (χ0) is 10.8. The van der Waals surface area contributed by atoms with E-state index in [1.165, 1.54) is 7.11 Å². The molecule has 78 valence electrons. The van der Waals surface area contributed by atoms with Gasteiger partial charge in [-0.25, -0.2) is 4.79 Å². The van der Waals surface area contributed by atoms with Crippen LogP contribution in [0.5, 0.6) is 0 Å². The molecule has 0 N–H and O–H groups in total. The number of esters is 1. The molecule has 0 aromatic heterocycles. The number of carbonyl (C=O) groups is 2. The second-order valence-corrected chi connectivity index (χ2v) is 3.23. The van der Waals surface area contributed by atoms with Crippen LogP contribution in [-0.4, -0.2) is 31.1 Å². The van der Waals surface area contributed by atoms with Gasteiger partial charge in [0.2, 0.25) is 0 Å². The quantitative estimate of drug-likeness (QED) is 0.417. The van der Waals surface area contributed by atoms with Crippen molar-refractivity contribution in [2.24, 2.45) is 0 Å². The van der Waals surface area contributed by atoms with Crippen LogP contribution in [0.2, 0.25) is 0 Å². The van der Waals surface area contributed by atoms with Crippen molar-refractivity contribution < 1.29 is 19.1 Å². The summed E-state index contributed by atoms with van der Waals surface area (Å²) >= 11 is 0. The Labute approximate surface area is 86.8 Å². The summed E-state index contributed by atoms with van der Waals surface area (Å²) in [5, 5.41) is 0. The predicted molar refractivity (Wildman–Crippen MR) is 51.4 cm³/mol. The molecule has 0 aliphatic carbocycles. The molecule has 4 heteroatoms. The highest BCUT2D eigenvalue weighted by atomic mass is 16.6. The SMILES string of the molecule is COC(=O)[C@H]1O[C@H]1C(=O)c1ccccc1. The van der Waals surface area contributed by atoms with Gasteiger partial charge in [0.1, 0.15) is 0 Å². The average molecular weight is 206 g/mol. The number of rotatable bonds is 3. The zero-order valence-corrected chi connectivity index (χ0v) is 8.17. The Balaban J connectivity index is 2.04. The van der Waals surface area contributed by atoms with Gasteiger partial charge in [-0.15, -0.1) is 0 Å². The van der Waals surface area contributed by atoms with Crippen LogP contribution in [-0.2, 0) is 14.3 Å². The second-order valence-electron chi connectivity index (χ2n) is 3.23. The summed E-state index contributed by atoms with van der Waals surface area (Å²) in [4.78, 5) is 22.7. The van der Waals surface area contributed by atoms with Crippen LogP contribution in [0, 0.1) is 0 Å². The summed E-state index contributed by atoms with van der Waals surface area (Å²) in [6.07, 6.45) is -1.39. The third kappa shape index (κ3) is 1.89. The van der Waals surface area contributed by atoms with E-state index in [0.29, 0.717) is 5.56 Å². The molecule has 1 saturated heterocycles. The summed E-state index contributed by atoms with van der Waals surface area (Å²) < 4.78 is 9.44. The highest BCUT2D eigenvalue weighted by Gasteiger charge is 2.51. The van der Waals surface area contributed by atoms with E-state index in [0.717, 1.165) is 0 Å². The van der Waals surface area contributed by atoms with Gasteiger partial charge in [0, 0.05) is 5.56 Å². The average Bonchev–Trinajstić information content (AvgIpc) is 3.08.